The maximum atomic E-state index is 6.00. The standard InChI is InChI=1S/C19H25N3OS/c1-2-17(10-20-5-1)11-21-6-4-19(14-21)15-22(7-8-23-16-19)12-18-3-9-24-13-18/h1-3,5,9-10,13H,4,6-8,11-12,14-16H2/t19-/m1/s1. The summed E-state index contributed by atoms with van der Waals surface area (Å²) in [6.07, 6.45) is 5.06. The van der Waals surface area contributed by atoms with Gasteiger partial charge in [0.25, 0.3) is 0 Å². The molecular formula is C19H25N3OS. The highest BCUT2D eigenvalue weighted by Gasteiger charge is 2.40. The number of thiophene rings is 1. The Morgan fingerprint density at radius 1 is 1.12 bits per heavy atom. The van der Waals surface area contributed by atoms with Gasteiger partial charge in [-0.3, -0.25) is 14.8 Å². The fraction of sp³-hybridized carbons (Fsp3) is 0.526. The van der Waals surface area contributed by atoms with Crippen LogP contribution < -0.4 is 0 Å². The normalized spacial score (nSPS) is 26.0. The maximum Gasteiger partial charge on any atom is 0.0593 e. The van der Waals surface area contributed by atoms with Gasteiger partial charge in [0.15, 0.2) is 0 Å². The molecule has 5 heteroatoms. The number of aromatic nitrogens is 1. The molecule has 0 amide bonds. The van der Waals surface area contributed by atoms with Gasteiger partial charge >= 0.3 is 0 Å². The van der Waals surface area contributed by atoms with Crippen LogP contribution in [0.5, 0.6) is 0 Å². The van der Waals surface area contributed by atoms with E-state index in [0.717, 1.165) is 52.5 Å². The van der Waals surface area contributed by atoms with Crippen LogP contribution in [0, 0.1) is 5.41 Å². The minimum Gasteiger partial charge on any atom is -0.379 e. The van der Waals surface area contributed by atoms with Crippen LogP contribution in [0.4, 0.5) is 0 Å². The summed E-state index contributed by atoms with van der Waals surface area (Å²) < 4.78 is 6.00. The van der Waals surface area contributed by atoms with E-state index >= 15 is 0 Å². The van der Waals surface area contributed by atoms with Crippen LogP contribution in [-0.4, -0.2) is 54.2 Å². The Hall–Kier alpha value is -1.27. The Labute approximate surface area is 148 Å². The van der Waals surface area contributed by atoms with Gasteiger partial charge in [-0.1, -0.05) is 6.07 Å². The second kappa shape index (κ2) is 7.31. The van der Waals surface area contributed by atoms with E-state index in [1.807, 2.05) is 18.5 Å². The van der Waals surface area contributed by atoms with E-state index in [9.17, 15) is 0 Å². The number of pyridine rings is 1. The summed E-state index contributed by atoms with van der Waals surface area (Å²) in [7, 11) is 0. The zero-order chi connectivity index (χ0) is 16.2. The highest BCUT2D eigenvalue weighted by Crippen LogP contribution is 2.34. The van der Waals surface area contributed by atoms with Gasteiger partial charge in [0.05, 0.1) is 13.2 Å². The predicted octanol–water partition coefficient (Wildman–Crippen LogP) is 2.87. The molecule has 0 saturated carbocycles. The largest absolute Gasteiger partial charge is 0.379 e. The van der Waals surface area contributed by atoms with Crippen LogP contribution in [0.3, 0.4) is 0 Å². The number of rotatable bonds is 4. The molecule has 0 unspecified atom stereocenters. The lowest BCUT2D eigenvalue weighted by Gasteiger charge is -2.32. The highest BCUT2D eigenvalue weighted by atomic mass is 32.1. The third-order valence-electron chi connectivity index (χ3n) is 5.15. The van der Waals surface area contributed by atoms with Crippen molar-refractivity contribution in [1.82, 2.24) is 14.8 Å². The highest BCUT2D eigenvalue weighted by molar-refractivity contribution is 7.07. The molecule has 0 bridgehead atoms. The monoisotopic (exact) mass is 343 g/mol. The first-order valence-electron chi connectivity index (χ1n) is 8.74. The van der Waals surface area contributed by atoms with Crippen molar-refractivity contribution in [1.29, 1.82) is 0 Å². The minimum atomic E-state index is 0.286. The van der Waals surface area contributed by atoms with Gasteiger partial charge in [0.2, 0.25) is 0 Å². The summed E-state index contributed by atoms with van der Waals surface area (Å²) in [6.45, 7) is 8.28. The molecule has 2 aromatic rings. The van der Waals surface area contributed by atoms with Gasteiger partial charge < -0.3 is 4.74 Å². The van der Waals surface area contributed by atoms with E-state index in [1.54, 1.807) is 11.3 Å². The molecule has 2 saturated heterocycles. The van der Waals surface area contributed by atoms with Crippen molar-refractivity contribution in [2.24, 2.45) is 5.41 Å². The number of ether oxygens (including phenoxy) is 1. The first kappa shape index (κ1) is 16.2. The van der Waals surface area contributed by atoms with Gasteiger partial charge in [-0.2, -0.15) is 11.3 Å². The average Bonchev–Trinajstić information content (AvgIpc) is 3.18. The molecule has 1 spiro atoms. The van der Waals surface area contributed by atoms with E-state index in [0.29, 0.717) is 0 Å². The van der Waals surface area contributed by atoms with E-state index in [4.69, 9.17) is 4.74 Å². The van der Waals surface area contributed by atoms with Crippen LogP contribution in [0.25, 0.3) is 0 Å². The second-order valence-electron chi connectivity index (χ2n) is 7.22. The van der Waals surface area contributed by atoms with Gasteiger partial charge in [-0.25, -0.2) is 0 Å². The lowest BCUT2D eigenvalue weighted by Crippen LogP contribution is -2.40. The summed E-state index contributed by atoms with van der Waals surface area (Å²) >= 11 is 1.79. The predicted molar refractivity (Wildman–Crippen MR) is 97.0 cm³/mol. The molecule has 24 heavy (non-hydrogen) atoms. The van der Waals surface area contributed by atoms with Crippen LogP contribution in [0.2, 0.25) is 0 Å². The zero-order valence-corrected chi connectivity index (χ0v) is 14.9. The van der Waals surface area contributed by atoms with Gasteiger partial charge in [-0.05, 0) is 47.0 Å². The molecule has 2 aliphatic heterocycles. The molecule has 0 aromatic carbocycles. The van der Waals surface area contributed by atoms with Crippen LogP contribution in [0.15, 0.2) is 41.4 Å². The summed E-state index contributed by atoms with van der Waals surface area (Å²) in [5, 5.41) is 4.44. The van der Waals surface area contributed by atoms with Crippen molar-refractivity contribution in [2.45, 2.75) is 19.5 Å². The minimum absolute atomic E-state index is 0.286. The van der Waals surface area contributed by atoms with Crippen molar-refractivity contribution in [2.75, 3.05) is 39.4 Å². The third-order valence-corrected chi connectivity index (χ3v) is 5.88. The molecule has 4 heterocycles. The molecule has 1 atom stereocenters. The van der Waals surface area contributed by atoms with E-state index in [1.165, 1.54) is 17.5 Å². The molecule has 0 aliphatic carbocycles. The molecule has 4 nitrogen and oxygen atoms in total. The molecule has 128 valence electrons. The number of hydrogen-bond acceptors (Lipinski definition) is 5. The van der Waals surface area contributed by atoms with Crippen molar-refractivity contribution in [3.63, 3.8) is 0 Å². The Bertz CT molecular complexity index is 633. The van der Waals surface area contributed by atoms with Crippen LogP contribution >= 0.6 is 11.3 Å². The van der Waals surface area contributed by atoms with Gasteiger partial charge in [0, 0.05) is 50.5 Å². The molecular weight excluding hydrogens is 318 g/mol. The van der Waals surface area contributed by atoms with Crippen molar-refractivity contribution in [3.05, 3.63) is 52.5 Å². The second-order valence-corrected chi connectivity index (χ2v) is 8.00. The first-order valence-corrected chi connectivity index (χ1v) is 9.68. The lowest BCUT2D eigenvalue weighted by atomic mass is 9.87. The fourth-order valence-electron chi connectivity index (χ4n) is 4.02. The Morgan fingerprint density at radius 3 is 2.79 bits per heavy atom. The van der Waals surface area contributed by atoms with Crippen molar-refractivity contribution >= 4 is 11.3 Å². The maximum absolute atomic E-state index is 6.00. The van der Waals surface area contributed by atoms with E-state index < -0.39 is 0 Å². The smallest absolute Gasteiger partial charge is 0.0593 e. The molecule has 2 aliphatic rings. The quantitative estimate of drug-likeness (QED) is 0.853. The SMILES string of the molecule is c1cncc(CN2CC[C@@]3(COCCN(Cc4ccsc4)C3)C2)c1. The van der Waals surface area contributed by atoms with E-state index in [2.05, 4.69) is 37.7 Å². The Morgan fingerprint density at radius 2 is 2.00 bits per heavy atom. The molecule has 0 N–H and O–H groups in total. The first-order chi connectivity index (χ1) is 11.8. The molecule has 2 aromatic heterocycles. The average molecular weight is 343 g/mol. The molecule has 4 rings (SSSR count). The third kappa shape index (κ3) is 3.86. The van der Waals surface area contributed by atoms with Crippen LogP contribution in [0.1, 0.15) is 17.5 Å². The number of likely N-dealkylation sites (tertiary alicyclic amines) is 1. The summed E-state index contributed by atoms with van der Waals surface area (Å²) in [5.74, 6) is 0. The Kier molecular flexibility index (Phi) is 4.94. The van der Waals surface area contributed by atoms with Crippen molar-refractivity contribution in [3.8, 4) is 0 Å². The fourth-order valence-corrected chi connectivity index (χ4v) is 4.68. The van der Waals surface area contributed by atoms with Gasteiger partial charge in [0.1, 0.15) is 0 Å². The van der Waals surface area contributed by atoms with Gasteiger partial charge in [-0.15, -0.1) is 0 Å². The molecule has 0 radical (unpaired) electrons. The topological polar surface area (TPSA) is 28.6 Å². The summed E-state index contributed by atoms with van der Waals surface area (Å²) in [5.41, 5.74) is 3.02. The Balaban J connectivity index is 1.40. The molecule has 2 fully saturated rings. The summed E-state index contributed by atoms with van der Waals surface area (Å²) in [6, 6.07) is 6.44. The van der Waals surface area contributed by atoms with Crippen LogP contribution in [-0.2, 0) is 17.8 Å². The number of hydrogen-bond donors (Lipinski definition) is 0. The number of nitrogens with zero attached hydrogens (tertiary/aromatic N) is 3. The summed E-state index contributed by atoms with van der Waals surface area (Å²) in [4.78, 5) is 9.39. The zero-order valence-electron chi connectivity index (χ0n) is 14.1. The van der Waals surface area contributed by atoms with E-state index in [-0.39, 0.29) is 5.41 Å². The van der Waals surface area contributed by atoms with Crippen molar-refractivity contribution < 1.29 is 4.74 Å². The lowest BCUT2D eigenvalue weighted by molar-refractivity contribution is 0.0706.